The second-order valence-electron chi connectivity index (χ2n) is 3.42. The van der Waals surface area contributed by atoms with Gasteiger partial charge < -0.3 is 15.6 Å². The van der Waals surface area contributed by atoms with E-state index in [2.05, 4.69) is 15.9 Å². The summed E-state index contributed by atoms with van der Waals surface area (Å²) in [6.45, 7) is 0.146. The highest BCUT2D eigenvalue weighted by Crippen LogP contribution is 2.27. The van der Waals surface area contributed by atoms with Crippen LogP contribution in [0.15, 0.2) is 22.7 Å². The maximum Gasteiger partial charge on any atom is 0.344 e. The molecule has 18 heavy (non-hydrogen) atoms. The number of nitrogens with zero attached hydrogens (tertiary/aromatic N) is 1. The highest BCUT2D eigenvalue weighted by molar-refractivity contribution is 9.10. The fourth-order valence-electron chi connectivity index (χ4n) is 1.27. The van der Waals surface area contributed by atoms with Crippen molar-refractivity contribution in [3.05, 3.63) is 32.8 Å². The van der Waals surface area contributed by atoms with Crippen LogP contribution in [0.5, 0.6) is 5.75 Å². The molecule has 3 N–H and O–H groups in total. The van der Waals surface area contributed by atoms with Gasteiger partial charge in [-0.05, 0) is 12.6 Å². The molecule has 1 atom stereocenters. The van der Waals surface area contributed by atoms with Gasteiger partial charge in [0.15, 0.2) is 6.10 Å². The Morgan fingerprint density at radius 1 is 1.56 bits per heavy atom. The standard InChI is InChI=1S/C10H11BrN2O5/c11-6-3-7(13(16)17)5-8(4-6)18-9(1-2-12)10(14)15/h3-5,9H,1-2,12H2,(H,14,15). The quantitative estimate of drug-likeness (QED) is 0.607. The van der Waals surface area contributed by atoms with Crippen molar-refractivity contribution in [1.29, 1.82) is 0 Å². The molecule has 1 aromatic rings. The summed E-state index contributed by atoms with van der Waals surface area (Å²) >= 11 is 3.09. The molecular weight excluding hydrogens is 308 g/mol. The lowest BCUT2D eigenvalue weighted by atomic mass is 10.2. The lowest BCUT2D eigenvalue weighted by Gasteiger charge is -2.14. The Morgan fingerprint density at radius 2 is 2.22 bits per heavy atom. The third kappa shape index (κ3) is 3.97. The molecule has 98 valence electrons. The molecule has 0 radical (unpaired) electrons. The minimum Gasteiger partial charge on any atom is -0.479 e. The van der Waals surface area contributed by atoms with Gasteiger partial charge in [-0.3, -0.25) is 10.1 Å². The molecule has 1 unspecified atom stereocenters. The van der Waals surface area contributed by atoms with Crippen LogP contribution in [0.1, 0.15) is 6.42 Å². The highest BCUT2D eigenvalue weighted by atomic mass is 79.9. The van der Waals surface area contributed by atoms with Gasteiger partial charge in [-0.25, -0.2) is 4.79 Å². The summed E-state index contributed by atoms with van der Waals surface area (Å²) in [5.41, 5.74) is 5.08. The van der Waals surface area contributed by atoms with Crippen molar-refractivity contribution in [2.45, 2.75) is 12.5 Å². The highest BCUT2D eigenvalue weighted by Gasteiger charge is 2.20. The van der Waals surface area contributed by atoms with Crippen molar-refractivity contribution in [3.63, 3.8) is 0 Å². The van der Waals surface area contributed by atoms with Crippen molar-refractivity contribution >= 4 is 27.6 Å². The molecule has 0 bridgehead atoms. The number of nitro benzene ring substituents is 1. The Labute approximate surface area is 111 Å². The lowest BCUT2D eigenvalue weighted by molar-refractivity contribution is -0.385. The minimum absolute atomic E-state index is 0.108. The molecule has 7 nitrogen and oxygen atoms in total. The van der Waals surface area contributed by atoms with E-state index in [0.29, 0.717) is 4.47 Å². The van der Waals surface area contributed by atoms with Gasteiger partial charge in [0.25, 0.3) is 5.69 Å². The van der Waals surface area contributed by atoms with E-state index in [1.54, 1.807) is 0 Å². The van der Waals surface area contributed by atoms with Crippen LogP contribution in [0.25, 0.3) is 0 Å². The molecule has 0 spiro atoms. The molecule has 0 saturated heterocycles. The van der Waals surface area contributed by atoms with E-state index in [9.17, 15) is 14.9 Å². The largest absolute Gasteiger partial charge is 0.479 e. The fourth-order valence-corrected chi connectivity index (χ4v) is 1.73. The Bertz CT molecular complexity index is 466. The van der Waals surface area contributed by atoms with Crippen molar-refractivity contribution in [2.24, 2.45) is 5.73 Å². The van der Waals surface area contributed by atoms with Gasteiger partial charge >= 0.3 is 5.97 Å². The Morgan fingerprint density at radius 3 is 2.72 bits per heavy atom. The van der Waals surface area contributed by atoms with Crippen molar-refractivity contribution in [2.75, 3.05) is 6.54 Å². The molecule has 0 fully saturated rings. The maximum atomic E-state index is 10.9. The molecular formula is C10H11BrN2O5. The first kappa shape index (κ1) is 14.4. The number of carbonyl (C=O) groups is 1. The Hall–Kier alpha value is -1.67. The number of benzene rings is 1. The van der Waals surface area contributed by atoms with Crippen LogP contribution in [-0.4, -0.2) is 28.6 Å². The molecule has 8 heteroatoms. The zero-order valence-corrected chi connectivity index (χ0v) is 10.8. The summed E-state index contributed by atoms with van der Waals surface area (Å²) in [5.74, 6) is -1.06. The number of nitro groups is 1. The van der Waals surface area contributed by atoms with Gasteiger partial charge in [0.05, 0.1) is 11.0 Å². The summed E-state index contributed by atoms with van der Waals surface area (Å²) in [6.07, 6.45) is -1.00. The first-order chi connectivity index (χ1) is 8.43. The van der Waals surface area contributed by atoms with Crippen LogP contribution in [0, 0.1) is 10.1 Å². The zero-order chi connectivity index (χ0) is 13.7. The van der Waals surface area contributed by atoms with Crippen LogP contribution >= 0.6 is 15.9 Å². The molecule has 0 amide bonds. The topological polar surface area (TPSA) is 116 Å². The molecule has 0 aliphatic heterocycles. The maximum absolute atomic E-state index is 10.9. The predicted octanol–water partition coefficient (Wildman–Crippen LogP) is 1.54. The number of hydrogen-bond acceptors (Lipinski definition) is 5. The van der Waals surface area contributed by atoms with Gasteiger partial charge in [-0.15, -0.1) is 0 Å². The second kappa shape index (κ2) is 6.31. The summed E-state index contributed by atoms with van der Waals surface area (Å²) < 4.78 is 5.61. The first-order valence-corrected chi connectivity index (χ1v) is 5.78. The number of hydrogen-bond donors (Lipinski definition) is 2. The van der Waals surface area contributed by atoms with E-state index < -0.39 is 17.0 Å². The van der Waals surface area contributed by atoms with Crippen molar-refractivity contribution in [1.82, 2.24) is 0 Å². The fraction of sp³-hybridized carbons (Fsp3) is 0.300. The predicted molar refractivity (Wildman–Crippen MR) is 66.5 cm³/mol. The van der Waals surface area contributed by atoms with E-state index in [1.807, 2.05) is 0 Å². The average molecular weight is 319 g/mol. The van der Waals surface area contributed by atoms with Crippen LogP contribution in [0.2, 0.25) is 0 Å². The molecule has 0 aromatic heterocycles. The number of carboxylic acid groups (broad SMARTS) is 1. The summed E-state index contributed by atoms with van der Waals surface area (Å²) in [4.78, 5) is 20.9. The first-order valence-electron chi connectivity index (χ1n) is 4.98. The van der Waals surface area contributed by atoms with Gasteiger partial charge in [-0.1, -0.05) is 15.9 Å². The van der Waals surface area contributed by atoms with E-state index in [-0.39, 0.29) is 24.4 Å². The van der Waals surface area contributed by atoms with Crippen molar-refractivity contribution in [3.8, 4) is 5.75 Å². The van der Waals surface area contributed by atoms with Crippen LogP contribution < -0.4 is 10.5 Å². The molecule has 0 aliphatic carbocycles. The average Bonchev–Trinajstić information content (AvgIpc) is 2.27. The number of nitrogens with two attached hydrogens (primary N) is 1. The number of non-ortho nitro benzene ring substituents is 1. The van der Waals surface area contributed by atoms with E-state index >= 15 is 0 Å². The third-order valence-electron chi connectivity index (χ3n) is 2.05. The normalized spacial score (nSPS) is 11.9. The van der Waals surface area contributed by atoms with Crippen LogP contribution in [0.4, 0.5) is 5.69 Å². The van der Waals surface area contributed by atoms with E-state index in [4.69, 9.17) is 15.6 Å². The van der Waals surface area contributed by atoms with Gasteiger partial charge in [-0.2, -0.15) is 0 Å². The van der Waals surface area contributed by atoms with Gasteiger partial charge in [0, 0.05) is 17.0 Å². The molecule has 0 aliphatic rings. The Balaban J connectivity index is 2.95. The number of halogens is 1. The number of aliphatic carboxylic acids is 1. The summed E-state index contributed by atoms with van der Waals surface area (Å²) in [5, 5.41) is 19.5. The smallest absolute Gasteiger partial charge is 0.344 e. The molecule has 1 aromatic carbocycles. The van der Waals surface area contributed by atoms with Gasteiger partial charge in [0.1, 0.15) is 5.75 Å². The van der Waals surface area contributed by atoms with Crippen molar-refractivity contribution < 1.29 is 19.6 Å². The van der Waals surface area contributed by atoms with Crippen LogP contribution in [0.3, 0.4) is 0 Å². The van der Waals surface area contributed by atoms with Crippen LogP contribution in [-0.2, 0) is 4.79 Å². The molecule has 1 rings (SSSR count). The third-order valence-corrected chi connectivity index (χ3v) is 2.51. The lowest BCUT2D eigenvalue weighted by Crippen LogP contribution is -2.29. The zero-order valence-electron chi connectivity index (χ0n) is 9.21. The SMILES string of the molecule is NCCC(Oc1cc(Br)cc([N+](=O)[O-])c1)C(=O)O. The summed E-state index contributed by atoms with van der Waals surface area (Å²) in [6, 6.07) is 3.92. The second-order valence-corrected chi connectivity index (χ2v) is 4.34. The van der Waals surface area contributed by atoms with E-state index in [0.717, 1.165) is 6.07 Å². The summed E-state index contributed by atoms with van der Waals surface area (Å²) in [7, 11) is 0. The minimum atomic E-state index is -1.16. The van der Waals surface area contributed by atoms with Gasteiger partial charge in [0.2, 0.25) is 0 Å². The van der Waals surface area contributed by atoms with E-state index in [1.165, 1.54) is 12.1 Å². The number of rotatable bonds is 6. The molecule has 0 heterocycles. The molecule has 0 saturated carbocycles. The monoisotopic (exact) mass is 318 g/mol. The number of ether oxygens (including phenoxy) is 1. The number of carboxylic acids is 1. The Kier molecular flexibility index (Phi) is 5.05.